The highest BCUT2D eigenvalue weighted by Crippen LogP contribution is 2.52. The van der Waals surface area contributed by atoms with E-state index in [0.29, 0.717) is 32.0 Å². The Balaban J connectivity index is 1.41. The van der Waals surface area contributed by atoms with Crippen LogP contribution >= 0.6 is 11.1 Å². The van der Waals surface area contributed by atoms with Crippen LogP contribution in [0.3, 0.4) is 0 Å². The molecule has 240 valence electrons. The van der Waals surface area contributed by atoms with Gasteiger partial charge in [-0.25, -0.2) is 14.8 Å². The molecule has 2 aliphatic rings. The third-order valence-corrected chi connectivity index (χ3v) is 10.3. The summed E-state index contributed by atoms with van der Waals surface area (Å²) in [6.45, 7) is 13.0. The fourth-order valence-electron chi connectivity index (χ4n) is 5.26. The maximum Gasteiger partial charge on any atom is 0.419 e. The van der Waals surface area contributed by atoms with E-state index >= 15 is 0 Å². The van der Waals surface area contributed by atoms with Crippen molar-refractivity contribution in [2.75, 3.05) is 24.7 Å². The highest BCUT2D eigenvalue weighted by molar-refractivity contribution is 8.17. The highest BCUT2D eigenvalue weighted by atomic mass is 32.2. The number of aromatic nitrogens is 1. The van der Waals surface area contributed by atoms with Gasteiger partial charge in [-0.1, -0.05) is 6.92 Å². The third-order valence-electron chi connectivity index (χ3n) is 7.76. The minimum atomic E-state index is -4.79. The van der Waals surface area contributed by atoms with Crippen molar-refractivity contribution in [3.63, 3.8) is 0 Å². The van der Waals surface area contributed by atoms with Crippen LogP contribution < -0.4 is 14.6 Å². The molecule has 2 fully saturated rings. The van der Waals surface area contributed by atoms with Gasteiger partial charge in [-0.3, -0.25) is 4.79 Å². The number of anilines is 1. The van der Waals surface area contributed by atoms with Gasteiger partial charge in [0.25, 0.3) is 5.91 Å². The van der Waals surface area contributed by atoms with E-state index in [4.69, 9.17) is 14.7 Å². The van der Waals surface area contributed by atoms with Gasteiger partial charge in [0, 0.05) is 18.0 Å². The number of piperidine rings is 1. The molecule has 13 heteroatoms. The van der Waals surface area contributed by atoms with E-state index in [9.17, 15) is 22.8 Å². The van der Waals surface area contributed by atoms with Gasteiger partial charge in [-0.15, -0.1) is 11.1 Å². The van der Waals surface area contributed by atoms with Crippen LogP contribution in [0.4, 0.5) is 23.7 Å². The molecule has 1 aromatic carbocycles. The number of alkyl halides is 3. The number of ether oxygens (including phenoxy) is 2. The van der Waals surface area contributed by atoms with Crippen molar-refractivity contribution in [3.05, 3.63) is 47.3 Å². The number of halogens is 3. The molecule has 0 spiro atoms. The summed E-state index contributed by atoms with van der Waals surface area (Å²) in [6.07, 6.45) is -0.646. The molecule has 0 saturated carbocycles. The molecule has 9 nitrogen and oxygen atoms in total. The first kappa shape index (κ1) is 33.4. The van der Waals surface area contributed by atoms with Gasteiger partial charge < -0.3 is 14.4 Å². The van der Waals surface area contributed by atoms with Crippen LogP contribution in [0.2, 0.25) is 0 Å². The van der Waals surface area contributed by atoms with Crippen molar-refractivity contribution in [2.24, 2.45) is 5.92 Å². The van der Waals surface area contributed by atoms with Crippen molar-refractivity contribution < 1.29 is 32.2 Å². The largest absolute Gasteiger partial charge is 0.493 e. The molecule has 3 heterocycles. The van der Waals surface area contributed by atoms with Gasteiger partial charge >= 0.3 is 12.3 Å². The first-order chi connectivity index (χ1) is 20.5. The van der Waals surface area contributed by atoms with Gasteiger partial charge in [0.15, 0.2) is 5.69 Å². The zero-order valence-corrected chi connectivity index (χ0v) is 26.8. The number of carbonyl (C=O) groups excluding carboxylic acids is 2. The summed E-state index contributed by atoms with van der Waals surface area (Å²) >= 11 is -1.36. The molecular formula is C31H40F3N5O4S. The number of hydrogen-bond acceptors (Lipinski definition) is 7. The van der Waals surface area contributed by atoms with Crippen LogP contribution in [0, 0.1) is 17.2 Å². The second kappa shape index (κ2) is 12.9. The number of hydrogen-bond donors (Lipinski definition) is 2. The number of rotatable bonds is 7. The average molecular weight is 636 g/mol. The van der Waals surface area contributed by atoms with Crippen LogP contribution in [0.5, 0.6) is 5.75 Å². The maximum atomic E-state index is 13.6. The lowest BCUT2D eigenvalue weighted by molar-refractivity contribution is -0.138. The summed E-state index contributed by atoms with van der Waals surface area (Å²) in [4.78, 5) is 35.2. The molecule has 0 bridgehead atoms. The van der Waals surface area contributed by atoms with Crippen molar-refractivity contribution in [1.82, 2.24) is 14.7 Å². The van der Waals surface area contributed by atoms with Crippen molar-refractivity contribution in [3.8, 4) is 11.8 Å². The molecule has 2 aliphatic heterocycles. The number of likely N-dealkylation sites (tertiary alicyclic amines) is 1. The zero-order valence-electron chi connectivity index (χ0n) is 25.9. The minimum absolute atomic E-state index is 0.0769. The molecule has 4 rings (SSSR count). The lowest BCUT2D eigenvalue weighted by Crippen LogP contribution is -2.41. The van der Waals surface area contributed by atoms with E-state index in [0.717, 1.165) is 52.7 Å². The Morgan fingerprint density at radius 3 is 2.48 bits per heavy atom. The molecule has 0 radical (unpaired) electrons. The molecular weight excluding hydrogens is 595 g/mol. The molecule has 0 aliphatic carbocycles. The fraction of sp³-hybridized carbons (Fsp3) is 0.548. The molecule has 2 saturated heterocycles. The van der Waals surface area contributed by atoms with Crippen molar-refractivity contribution in [1.29, 1.82) is 5.26 Å². The molecule has 1 atom stereocenters. The molecule has 1 aromatic heterocycles. The lowest BCUT2D eigenvalue weighted by Gasteiger charge is -2.33. The Morgan fingerprint density at radius 2 is 1.89 bits per heavy atom. The van der Waals surface area contributed by atoms with Gasteiger partial charge in [0.1, 0.15) is 17.4 Å². The standard InChI is InChI=1S/C31H40F3N5O4S/c1-7-21-16-23(8-9-26(21)42-15-12-20-10-13-38(14-11-20)28(41)43-29(2,3)4)44-30(5,6)27(40)39(37-44)22-17-24(31(32,33)34)25(18-35)36-19-22/h8-9,16-17,19-20,37,44H,7,10-15H2,1-6H3. The predicted molar refractivity (Wildman–Crippen MR) is 162 cm³/mol. The number of nitrogens with one attached hydrogen (secondary N) is 1. The quantitative estimate of drug-likeness (QED) is 0.332. The molecule has 1 unspecified atom stereocenters. The normalized spacial score (nSPS) is 20.0. The summed E-state index contributed by atoms with van der Waals surface area (Å²) < 4.78 is 51.4. The van der Waals surface area contributed by atoms with E-state index < -0.39 is 38.9 Å². The minimum Gasteiger partial charge on any atom is -0.493 e. The third kappa shape index (κ3) is 7.41. The second-order valence-corrected chi connectivity index (χ2v) is 15.0. The van der Waals surface area contributed by atoms with Crippen LogP contribution in [0.15, 0.2) is 35.4 Å². The summed E-state index contributed by atoms with van der Waals surface area (Å²) in [5.41, 5.74) is -1.56. The number of thiol groups is 1. The highest BCUT2D eigenvalue weighted by Gasteiger charge is 2.47. The SMILES string of the molecule is CCc1cc([SH]2NN(c3cnc(C#N)c(C(F)(F)F)c3)C(=O)C2(C)C)ccc1OCCC1CCN(C(=O)OC(C)(C)C)CC1. The van der Waals surface area contributed by atoms with Crippen molar-refractivity contribution in [2.45, 2.75) is 88.6 Å². The topological polar surface area (TPSA) is 108 Å². The Kier molecular flexibility index (Phi) is 9.75. The van der Waals surface area contributed by atoms with Crippen molar-refractivity contribution >= 4 is 28.8 Å². The molecule has 2 amide bonds. The monoisotopic (exact) mass is 635 g/mol. The summed E-state index contributed by atoms with van der Waals surface area (Å²) in [5, 5.41) is 10.2. The maximum absolute atomic E-state index is 13.6. The van der Waals surface area contributed by atoms with Crippen LogP contribution in [-0.2, 0) is 22.1 Å². The number of pyridine rings is 1. The predicted octanol–water partition coefficient (Wildman–Crippen LogP) is 6.56. The number of nitriles is 1. The van der Waals surface area contributed by atoms with Crippen LogP contribution in [-0.4, -0.2) is 51.9 Å². The van der Waals surface area contributed by atoms with Gasteiger partial charge in [0.05, 0.1) is 28.8 Å². The lowest BCUT2D eigenvalue weighted by atomic mass is 9.94. The summed E-state index contributed by atoms with van der Waals surface area (Å²) in [6, 6.07) is 8.01. The summed E-state index contributed by atoms with van der Waals surface area (Å²) in [5.74, 6) is 0.805. The van der Waals surface area contributed by atoms with Gasteiger partial charge in [-0.05, 0) is 96.0 Å². The number of carbonyl (C=O) groups is 2. The number of benzene rings is 1. The smallest absolute Gasteiger partial charge is 0.419 e. The number of aryl methyl sites for hydroxylation is 1. The van der Waals surface area contributed by atoms with Gasteiger partial charge in [-0.2, -0.15) is 23.3 Å². The fourth-order valence-corrected chi connectivity index (χ4v) is 7.48. The van der Waals surface area contributed by atoms with Crippen LogP contribution in [0.1, 0.15) is 77.6 Å². The number of amides is 2. The first-order valence-corrected chi connectivity index (χ1v) is 16.0. The molecule has 1 N–H and O–H groups in total. The number of nitrogens with zero attached hydrogens (tertiary/aromatic N) is 4. The first-order valence-electron chi connectivity index (χ1n) is 14.7. The Labute approximate surface area is 259 Å². The average Bonchev–Trinajstić information content (AvgIpc) is 3.20. The second-order valence-electron chi connectivity index (χ2n) is 12.5. The number of hydrazine groups is 1. The Morgan fingerprint density at radius 1 is 1.20 bits per heavy atom. The Bertz CT molecular complexity index is 1430. The van der Waals surface area contributed by atoms with Crippen LogP contribution in [0.25, 0.3) is 0 Å². The zero-order chi connectivity index (χ0) is 32.4. The summed E-state index contributed by atoms with van der Waals surface area (Å²) in [7, 11) is 0. The van der Waals surface area contributed by atoms with E-state index in [2.05, 4.69) is 9.82 Å². The van der Waals surface area contributed by atoms with Gasteiger partial charge in [0.2, 0.25) is 0 Å². The van der Waals surface area contributed by atoms with E-state index in [1.165, 1.54) is 6.07 Å². The Hall–Kier alpha value is -3.50. The van der Waals surface area contributed by atoms with E-state index in [1.807, 2.05) is 45.9 Å². The molecule has 2 aromatic rings. The van der Waals surface area contributed by atoms with E-state index in [-0.39, 0.29) is 17.7 Å². The molecule has 44 heavy (non-hydrogen) atoms. The van der Waals surface area contributed by atoms with E-state index in [1.54, 1.807) is 18.7 Å².